The molecule has 0 amide bonds. The summed E-state index contributed by atoms with van der Waals surface area (Å²) in [4.78, 5) is 13.7. The zero-order valence-electron chi connectivity index (χ0n) is 14.5. The summed E-state index contributed by atoms with van der Waals surface area (Å²) in [5, 5.41) is 10.7. The maximum absolute atomic E-state index is 12.4. The van der Waals surface area contributed by atoms with Crippen LogP contribution >= 0.6 is 11.6 Å². The van der Waals surface area contributed by atoms with E-state index in [0.29, 0.717) is 28.4 Å². The van der Waals surface area contributed by atoms with Gasteiger partial charge in [0.15, 0.2) is 5.78 Å². The number of hydrogen-bond donors (Lipinski definition) is 2. The molecule has 6 heteroatoms. The normalized spacial score (nSPS) is 16.2. The van der Waals surface area contributed by atoms with Gasteiger partial charge in [-0.2, -0.15) is 0 Å². The number of ketones is 1. The van der Waals surface area contributed by atoms with Crippen LogP contribution in [0.4, 0.5) is 0 Å². The van der Waals surface area contributed by atoms with Gasteiger partial charge in [-0.05, 0) is 48.5 Å². The summed E-state index contributed by atoms with van der Waals surface area (Å²) < 4.78 is 11.0. The molecular weight excluding hydrogens is 354 g/mol. The van der Waals surface area contributed by atoms with Gasteiger partial charge in [-0.3, -0.25) is 4.79 Å². The SMILES string of the molecule is O=C(c1ccc(Cl)cc1)c1ccc(OC[C@H](O)C[NH+]2CCOCC2)cc1. The van der Waals surface area contributed by atoms with Crippen molar-refractivity contribution in [3.63, 3.8) is 0 Å². The largest absolute Gasteiger partial charge is 0.491 e. The number of rotatable bonds is 7. The molecule has 0 saturated carbocycles. The van der Waals surface area contributed by atoms with E-state index in [9.17, 15) is 9.90 Å². The van der Waals surface area contributed by atoms with Crippen LogP contribution in [0.25, 0.3) is 0 Å². The number of nitrogens with one attached hydrogen (secondary N) is 1. The maximum atomic E-state index is 12.4. The van der Waals surface area contributed by atoms with Crippen molar-refractivity contribution in [3.05, 3.63) is 64.7 Å². The molecule has 2 aromatic rings. The number of aliphatic hydroxyl groups excluding tert-OH is 1. The fraction of sp³-hybridized carbons (Fsp3) is 0.350. The molecule has 138 valence electrons. The van der Waals surface area contributed by atoms with Gasteiger partial charge in [0, 0.05) is 16.1 Å². The van der Waals surface area contributed by atoms with Crippen molar-refractivity contribution in [2.75, 3.05) is 39.5 Å². The molecule has 0 aromatic heterocycles. The predicted octanol–water partition coefficient (Wildman–Crippen LogP) is 1.23. The molecule has 26 heavy (non-hydrogen) atoms. The summed E-state index contributed by atoms with van der Waals surface area (Å²) in [6, 6.07) is 13.8. The molecule has 3 rings (SSSR count). The molecule has 0 spiro atoms. The average Bonchev–Trinajstić information content (AvgIpc) is 2.68. The minimum absolute atomic E-state index is 0.0656. The Morgan fingerprint density at radius 1 is 1.08 bits per heavy atom. The first-order chi connectivity index (χ1) is 12.6. The van der Waals surface area contributed by atoms with Crippen LogP contribution in [0.1, 0.15) is 15.9 Å². The first-order valence-corrected chi connectivity index (χ1v) is 9.12. The van der Waals surface area contributed by atoms with E-state index in [1.54, 1.807) is 48.5 Å². The zero-order valence-corrected chi connectivity index (χ0v) is 15.2. The van der Waals surface area contributed by atoms with Crippen LogP contribution in [0.15, 0.2) is 48.5 Å². The lowest BCUT2D eigenvalue weighted by atomic mass is 10.0. The summed E-state index contributed by atoms with van der Waals surface area (Å²) in [5.41, 5.74) is 1.17. The van der Waals surface area contributed by atoms with Crippen molar-refractivity contribution >= 4 is 17.4 Å². The summed E-state index contributed by atoms with van der Waals surface area (Å²) in [7, 11) is 0. The highest BCUT2D eigenvalue weighted by Crippen LogP contribution is 2.17. The fourth-order valence-corrected chi connectivity index (χ4v) is 3.05. The molecular formula is C20H23ClNO4+. The van der Waals surface area contributed by atoms with Crippen LogP contribution in [0.2, 0.25) is 5.02 Å². The quantitative estimate of drug-likeness (QED) is 0.713. The zero-order chi connectivity index (χ0) is 18.4. The molecule has 2 N–H and O–H groups in total. The third-order valence-electron chi connectivity index (χ3n) is 4.39. The van der Waals surface area contributed by atoms with Crippen molar-refractivity contribution in [2.45, 2.75) is 6.10 Å². The van der Waals surface area contributed by atoms with Gasteiger partial charge >= 0.3 is 0 Å². The monoisotopic (exact) mass is 376 g/mol. The highest BCUT2D eigenvalue weighted by atomic mass is 35.5. The number of halogens is 1. The summed E-state index contributed by atoms with van der Waals surface area (Å²) in [6.45, 7) is 4.19. The van der Waals surface area contributed by atoms with E-state index in [-0.39, 0.29) is 12.4 Å². The molecule has 1 fully saturated rings. The molecule has 5 nitrogen and oxygen atoms in total. The second-order valence-corrected chi connectivity index (χ2v) is 6.83. The van der Waals surface area contributed by atoms with E-state index in [1.165, 1.54) is 4.90 Å². The predicted molar refractivity (Wildman–Crippen MR) is 99.2 cm³/mol. The Labute approximate surface area is 158 Å². The van der Waals surface area contributed by atoms with Crippen LogP contribution in [-0.2, 0) is 4.74 Å². The van der Waals surface area contributed by atoms with Crippen molar-refractivity contribution in [3.8, 4) is 5.75 Å². The van der Waals surface area contributed by atoms with Crippen molar-refractivity contribution in [2.24, 2.45) is 0 Å². The highest BCUT2D eigenvalue weighted by molar-refractivity contribution is 6.30. The molecule has 1 aliphatic heterocycles. The summed E-state index contributed by atoms with van der Waals surface area (Å²) in [5.74, 6) is 0.567. The smallest absolute Gasteiger partial charge is 0.193 e. The fourth-order valence-electron chi connectivity index (χ4n) is 2.92. The molecule has 0 bridgehead atoms. The standard InChI is InChI=1S/C20H22ClNO4/c21-17-5-1-15(2-6-17)20(24)16-3-7-19(8-4-16)26-14-18(23)13-22-9-11-25-12-10-22/h1-8,18,23H,9-14H2/p+1/t18-/m1/s1. The van der Waals surface area contributed by atoms with Crippen LogP contribution in [-0.4, -0.2) is 56.4 Å². The Hall–Kier alpha value is -1.92. The molecule has 1 saturated heterocycles. The van der Waals surface area contributed by atoms with E-state index >= 15 is 0 Å². The topological polar surface area (TPSA) is 60.2 Å². The molecule has 0 unspecified atom stereocenters. The molecule has 0 radical (unpaired) electrons. The third kappa shape index (κ3) is 5.29. The van der Waals surface area contributed by atoms with E-state index in [4.69, 9.17) is 21.1 Å². The number of aliphatic hydroxyl groups is 1. The molecule has 1 atom stereocenters. The van der Waals surface area contributed by atoms with E-state index in [1.807, 2.05) is 0 Å². The highest BCUT2D eigenvalue weighted by Gasteiger charge is 2.18. The van der Waals surface area contributed by atoms with Gasteiger partial charge in [0.05, 0.1) is 13.2 Å². The van der Waals surface area contributed by atoms with Crippen molar-refractivity contribution in [1.82, 2.24) is 0 Å². The number of morpholine rings is 1. The first-order valence-electron chi connectivity index (χ1n) is 8.74. The second kappa shape index (κ2) is 9.14. The van der Waals surface area contributed by atoms with Crippen LogP contribution in [0.3, 0.4) is 0 Å². The second-order valence-electron chi connectivity index (χ2n) is 6.39. The van der Waals surface area contributed by atoms with Crippen LogP contribution in [0, 0.1) is 0 Å². The average molecular weight is 377 g/mol. The molecule has 0 aliphatic carbocycles. The first kappa shape index (κ1) is 18.9. The number of carbonyl (C=O) groups is 1. The molecule has 2 aromatic carbocycles. The van der Waals surface area contributed by atoms with Crippen LogP contribution < -0.4 is 9.64 Å². The van der Waals surface area contributed by atoms with E-state index in [0.717, 1.165) is 26.3 Å². The number of benzene rings is 2. The Morgan fingerprint density at radius 2 is 1.65 bits per heavy atom. The molecule has 1 aliphatic rings. The lowest BCUT2D eigenvalue weighted by Gasteiger charge is -2.25. The van der Waals surface area contributed by atoms with Gasteiger partial charge in [-0.15, -0.1) is 0 Å². The van der Waals surface area contributed by atoms with Gasteiger partial charge in [0.2, 0.25) is 0 Å². The Bertz CT molecular complexity index is 712. The van der Waals surface area contributed by atoms with Gasteiger partial charge in [0.1, 0.15) is 38.1 Å². The van der Waals surface area contributed by atoms with Gasteiger partial charge in [-0.25, -0.2) is 0 Å². The minimum Gasteiger partial charge on any atom is -0.491 e. The Kier molecular flexibility index (Phi) is 6.63. The number of ether oxygens (including phenoxy) is 2. The number of hydrogen-bond acceptors (Lipinski definition) is 4. The van der Waals surface area contributed by atoms with Crippen LogP contribution in [0.5, 0.6) is 5.75 Å². The van der Waals surface area contributed by atoms with E-state index in [2.05, 4.69) is 0 Å². The lowest BCUT2D eigenvalue weighted by Crippen LogP contribution is -3.15. The van der Waals surface area contributed by atoms with Gasteiger partial charge in [0.25, 0.3) is 0 Å². The third-order valence-corrected chi connectivity index (χ3v) is 4.64. The lowest BCUT2D eigenvalue weighted by molar-refractivity contribution is -0.911. The number of quaternary nitrogens is 1. The summed E-state index contributed by atoms with van der Waals surface area (Å²) in [6.07, 6.45) is -0.529. The van der Waals surface area contributed by atoms with Gasteiger partial charge < -0.3 is 19.5 Å². The molecule has 1 heterocycles. The summed E-state index contributed by atoms with van der Waals surface area (Å²) >= 11 is 5.85. The Balaban J connectivity index is 1.50. The maximum Gasteiger partial charge on any atom is 0.193 e. The van der Waals surface area contributed by atoms with E-state index < -0.39 is 6.10 Å². The Morgan fingerprint density at radius 3 is 2.27 bits per heavy atom. The van der Waals surface area contributed by atoms with Gasteiger partial charge in [-0.1, -0.05) is 11.6 Å². The van der Waals surface area contributed by atoms with Crippen molar-refractivity contribution in [1.29, 1.82) is 0 Å². The van der Waals surface area contributed by atoms with Crippen molar-refractivity contribution < 1.29 is 24.3 Å². The minimum atomic E-state index is -0.529. The number of carbonyl (C=O) groups excluding carboxylic acids is 1.